The highest BCUT2D eigenvalue weighted by molar-refractivity contribution is 5.27. The van der Waals surface area contributed by atoms with Crippen LogP contribution in [-0.2, 0) is 6.54 Å². The molecule has 104 valence electrons. The fraction of sp³-hybridized carbons (Fsp3) is 0.647. The third-order valence-corrected chi connectivity index (χ3v) is 4.43. The Kier molecular flexibility index (Phi) is 4.19. The van der Waals surface area contributed by atoms with Crippen LogP contribution in [0.1, 0.15) is 49.1 Å². The third kappa shape index (κ3) is 3.80. The quantitative estimate of drug-likeness (QED) is 0.873. The first kappa shape index (κ1) is 13.1. The van der Waals surface area contributed by atoms with E-state index in [0.29, 0.717) is 6.04 Å². The summed E-state index contributed by atoms with van der Waals surface area (Å²) < 4.78 is 0. The molecule has 1 aliphatic carbocycles. The topological polar surface area (TPSA) is 15.3 Å². The fourth-order valence-corrected chi connectivity index (χ4v) is 3.14. The standard InChI is InChI=1S/C17H26N2/c1-19(13-17-4-2-3-11-18-17)12-14-5-7-15(8-6-14)16-9-10-16/h5-8,16-18H,2-4,9-13H2,1H3. The first-order valence-electron chi connectivity index (χ1n) is 7.82. The zero-order chi connectivity index (χ0) is 13.1. The Morgan fingerprint density at radius 1 is 1.11 bits per heavy atom. The monoisotopic (exact) mass is 258 g/mol. The van der Waals surface area contributed by atoms with E-state index in [2.05, 4.69) is 41.5 Å². The van der Waals surface area contributed by atoms with Crippen LogP contribution in [0, 0.1) is 0 Å². The number of benzene rings is 1. The molecule has 0 spiro atoms. The molecule has 3 rings (SSSR count). The number of likely N-dealkylation sites (N-methyl/N-ethyl adjacent to an activating group) is 1. The van der Waals surface area contributed by atoms with Gasteiger partial charge in [0.25, 0.3) is 0 Å². The molecule has 1 N–H and O–H groups in total. The van der Waals surface area contributed by atoms with E-state index < -0.39 is 0 Å². The Hall–Kier alpha value is -0.860. The average Bonchev–Trinajstić information content (AvgIpc) is 3.25. The minimum absolute atomic E-state index is 0.699. The van der Waals surface area contributed by atoms with Gasteiger partial charge in [-0.3, -0.25) is 0 Å². The second-order valence-electron chi connectivity index (χ2n) is 6.36. The second kappa shape index (κ2) is 6.06. The van der Waals surface area contributed by atoms with Gasteiger partial charge >= 0.3 is 0 Å². The van der Waals surface area contributed by atoms with Crippen LogP contribution in [0.25, 0.3) is 0 Å². The molecular weight excluding hydrogens is 232 g/mol. The molecule has 1 saturated carbocycles. The number of nitrogens with one attached hydrogen (secondary N) is 1. The molecule has 2 aliphatic rings. The lowest BCUT2D eigenvalue weighted by molar-refractivity contribution is 0.256. The fourth-order valence-electron chi connectivity index (χ4n) is 3.14. The molecule has 0 amide bonds. The van der Waals surface area contributed by atoms with Crippen LogP contribution in [-0.4, -0.2) is 31.1 Å². The molecule has 1 heterocycles. The van der Waals surface area contributed by atoms with Crippen molar-refractivity contribution >= 4 is 0 Å². The molecular formula is C17H26N2. The van der Waals surface area contributed by atoms with Crippen molar-refractivity contribution in [1.82, 2.24) is 10.2 Å². The normalized spacial score (nSPS) is 23.8. The number of piperidine rings is 1. The minimum atomic E-state index is 0.699. The Morgan fingerprint density at radius 3 is 2.53 bits per heavy atom. The van der Waals surface area contributed by atoms with Gasteiger partial charge in [0.15, 0.2) is 0 Å². The molecule has 1 atom stereocenters. The molecule has 0 radical (unpaired) electrons. The maximum Gasteiger partial charge on any atom is 0.0231 e. The zero-order valence-electron chi connectivity index (χ0n) is 12.1. The van der Waals surface area contributed by atoms with Gasteiger partial charge in [-0.2, -0.15) is 0 Å². The van der Waals surface area contributed by atoms with E-state index in [1.807, 2.05) is 0 Å². The van der Waals surface area contributed by atoms with E-state index in [9.17, 15) is 0 Å². The number of rotatable bonds is 5. The van der Waals surface area contributed by atoms with Crippen molar-refractivity contribution in [2.75, 3.05) is 20.1 Å². The van der Waals surface area contributed by atoms with Crippen LogP contribution >= 0.6 is 0 Å². The van der Waals surface area contributed by atoms with E-state index in [1.165, 1.54) is 50.8 Å². The maximum absolute atomic E-state index is 3.63. The molecule has 1 aromatic carbocycles. The van der Waals surface area contributed by atoms with E-state index in [4.69, 9.17) is 0 Å². The van der Waals surface area contributed by atoms with Crippen LogP contribution in [0.4, 0.5) is 0 Å². The Bertz CT molecular complexity index is 388. The van der Waals surface area contributed by atoms with Crippen LogP contribution in [0.3, 0.4) is 0 Å². The summed E-state index contributed by atoms with van der Waals surface area (Å²) >= 11 is 0. The molecule has 0 bridgehead atoms. The second-order valence-corrected chi connectivity index (χ2v) is 6.36. The van der Waals surface area contributed by atoms with Crippen molar-refractivity contribution in [3.8, 4) is 0 Å². The van der Waals surface area contributed by atoms with Gasteiger partial charge in [0, 0.05) is 19.1 Å². The van der Waals surface area contributed by atoms with Gasteiger partial charge < -0.3 is 10.2 Å². The Labute approximate surface area is 117 Å². The van der Waals surface area contributed by atoms with Crippen molar-refractivity contribution in [3.05, 3.63) is 35.4 Å². The molecule has 1 aromatic rings. The highest BCUT2D eigenvalue weighted by Crippen LogP contribution is 2.39. The van der Waals surface area contributed by atoms with Crippen molar-refractivity contribution in [1.29, 1.82) is 0 Å². The lowest BCUT2D eigenvalue weighted by Gasteiger charge is -2.28. The molecule has 0 aromatic heterocycles. The van der Waals surface area contributed by atoms with Gasteiger partial charge in [-0.1, -0.05) is 30.7 Å². The number of hydrogen-bond acceptors (Lipinski definition) is 2. The lowest BCUT2D eigenvalue weighted by Crippen LogP contribution is -2.42. The van der Waals surface area contributed by atoms with Crippen LogP contribution in [0.15, 0.2) is 24.3 Å². The molecule has 2 heteroatoms. The summed E-state index contributed by atoms with van der Waals surface area (Å²) in [4.78, 5) is 2.45. The minimum Gasteiger partial charge on any atom is -0.313 e. The van der Waals surface area contributed by atoms with Gasteiger partial charge in [-0.05, 0) is 56.3 Å². The van der Waals surface area contributed by atoms with Gasteiger partial charge in [-0.15, -0.1) is 0 Å². The van der Waals surface area contributed by atoms with Crippen LogP contribution < -0.4 is 5.32 Å². The summed E-state index contributed by atoms with van der Waals surface area (Å²) in [7, 11) is 2.24. The lowest BCUT2D eigenvalue weighted by atomic mass is 10.0. The summed E-state index contributed by atoms with van der Waals surface area (Å²) in [6.45, 7) is 3.45. The van der Waals surface area contributed by atoms with Gasteiger partial charge in [0.1, 0.15) is 0 Å². The summed E-state index contributed by atoms with van der Waals surface area (Å²) in [5, 5.41) is 3.63. The van der Waals surface area contributed by atoms with Crippen LogP contribution in [0.2, 0.25) is 0 Å². The molecule has 2 nitrogen and oxygen atoms in total. The van der Waals surface area contributed by atoms with Crippen LogP contribution in [0.5, 0.6) is 0 Å². The molecule has 1 aliphatic heterocycles. The summed E-state index contributed by atoms with van der Waals surface area (Å²) in [5.41, 5.74) is 2.99. The summed E-state index contributed by atoms with van der Waals surface area (Å²) in [6, 6.07) is 10.0. The molecule has 19 heavy (non-hydrogen) atoms. The third-order valence-electron chi connectivity index (χ3n) is 4.43. The van der Waals surface area contributed by atoms with Crippen molar-refractivity contribution < 1.29 is 0 Å². The number of hydrogen-bond donors (Lipinski definition) is 1. The Balaban J connectivity index is 1.48. The average molecular weight is 258 g/mol. The van der Waals surface area contributed by atoms with Crippen molar-refractivity contribution in [3.63, 3.8) is 0 Å². The zero-order valence-corrected chi connectivity index (χ0v) is 12.1. The van der Waals surface area contributed by atoms with Gasteiger partial charge in [0.2, 0.25) is 0 Å². The van der Waals surface area contributed by atoms with Crippen molar-refractivity contribution in [2.45, 2.75) is 50.6 Å². The van der Waals surface area contributed by atoms with Gasteiger partial charge in [-0.25, -0.2) is 0 Å². The SMILES string of the molecule is CN(Cc1ccc(C2CC2)cc1)CC1CCCCN1. The van der Waals surface area contributed by atoms with E-state index in [-0.39, 0.29) is 0 Å². The predicted molar refractivity (Wildman–Crippen MR) is 80.4 cm³/mol. The number of nitrogens with zero attached hydrogens (tertiary/aromatic N) is 1. The highest BCUT2D eigenvalue weighted by Gasteiger charge is 2.23. The largest absolute Gasteiger partial charge is 0.313 e. The molecule has 1 unspecified atom stereocenters. The van der Waals surface area contributed by atoms with E-state index in [0.717, 1.165) is 12.5 Å². The van der Waals surface area contributed by atoms with E-state index >= 15 is 0 Å². The smallest absolute Gasteiger partial charge is 0.0231 e. The molecule has 2 fully saturated rings. The maximum atomic E-state index is 3.63. The highest BCUT2D eigenvalue weighted by atomic mass is 15.1. The Morgan fingerprint density at radius 2 is 1.89 bits per heavy atom. The van der Waals surface area contributed by atoms with Crippen molar-refractivity contribution in [2.24, 2.45) is 0 Å². The first-order valence-corrected chi connectivity index (χ1v) is 7.82. The summed E-state index contributed by atoms with van der Waals surface area (Å²) in [6.07, 6.45) is 6.87. The molecule has 1 saturated heterocycles. The van der Waals surface area contributed by atoms with Gasteiger partial charge in [0.05, 0.1) is 0 Å². The summed E-state index contributed by atoms with van der Waals surface area (Å²) in [5.74, 6) is 0.873. The first-order chi connectivity index (χ1) is 9.31. The van der Waals surface area contributed by atoms with E-state index in [1.54, 1.807) is 5.56 Å². The predicted octanol–water partition coefficient (Wildman–Crippen LogP) is 3.14.